The number of nitrogens with zero attached hydrogens (tertiary/aromatic N) is 6. The number of rotatable bonds is 4. The second kappa shape index (κ2) is 11.4. The molecule has 0 fully saturated rings. The number of hydrogen-bond acceptors (Lipinski definition) is 5. The lowest BCUT2D eigenvalue weighted by Gasteiger charge is -2.12. The molecule has 7 aromatic carbocycles. The van der Waals surface area contributed by atoms with Crippen LogP contribution in [0.1, 0.15) is 5.56 Å². The predicted molar refractivity (Wildman–Crippen MR) is 217 cm³/mol. The minimum absolute atomic E-state index is 0.529. The lowest BCUT2D eigenvalue weighted by Crippen LogP contribution is -2.06. The van der Waals surface area contributed by atoms with Gasteiger partial charge in [-0.15, -0.1) is 11.3 Å². The van der Waals surface area contributed by atoms with Gasteiger partial charge < -0.3 is 4.57 Å². The summed E-state index contributed by atoms with van der Waals surface area (Å²) in [7, 11) is 0. The quantitative estimate of drug-likeness (QED) is 0.184. The maximum absolute atomic E-state index is 9.53. The van der Waals surface area contributed by atoms with Crippen molar-refractivity contribution >= 4 is 75.1 Å². The maximum atomic E-state index is 9.53. The molecule has 4 aromatic heterocycles. The Morgan fingerprint density at radius 1 is 0.472 bits per heavy atom. The van der Waals surface area contributed by atoms with Crippen LogP contribution >= 0.6 is 11.3 Å². The number of benzene rings is 7. The summed E-state index contributed by atoms with van der Waals surface area (Å²) >= 11 is 1.85. The minimum Gasteiger partial charge on any atom is -0.308 e. The molecule has 0 aliphatic rings. The molecular formula is C46H26N6S. The van der Waals surface area contributed by atoms with Gasteiger partial charge in [-0.1, -0.05) is 103 Å². The molecular weight excluding hydrogens is 669 g/mol. The van der Waals surface area contributed by atoms with Gasteiger partial charge >= 0.3 is 0 Å². The van der Waals surface area contributed by atoms with E-state index in [1.165, 1.54) is 25.6 Å². The summed E-state index contributed by atoms with van der Waals surface area (Å²) < 4.78 is 7.17. The van der Waals surface area contributed by atoms with Crippen molar-refractivity contribution < 1.29 is 0 Å². The normalized spacial score (nSPS) is 11.8. The highest BCUT2D eigenvalue weighted by atomic mass is 32.1. The van der Waals surface area contributed by atoms with Gasteiger partial charge in [-0.3, -0.25) is 4.57 Å². The minimum atomic E-state index is 0.529. The Balaban J connectivity index is 1.39. The van der Waals surface area contributed by atoms with Crippen molar-refractivity contribution in [2.45, 2.75) is 0 Å². The Morgan fingerprint density at radius 2 is 1.04 bits per heavy atom. The molecule has 0 spiro atoms. The number of aromatic nitrogens is 5. The third-order valence-corrected chi connectivity index (χ3v) is 11.4. The van der Waals surface area contributed by atoms with Crippen LogP contribution in [0.4, 0.5) is 0 Å². The molecule has 0 aliphatic carbocycles. The van der Waals surface area contributed by atoms with Crippen LogP contribution in [0.25, 0.3) is 98.2 Å². The summed E-state index contributed by atoms with van der Waals surface area (Å²) in [5.41, 5.74) is 7.75. The van der Waals surface area contributed by atoms with Gasteiger partial charge in [-0.2, -0.15) is 15.2 Å². The monoisotopic (exact) mass is 694 g/mol. The molecule has 0 saturated carbocycles. The summed E-state index contributed by atoms with van der Waals surface area (Å²) in [4.78, 5) is 15.6. The van der Waals surface area contributed by atoms with Crippen LogP contribution in [0.3, 0.4) is 0 Å². The zero-order chi connectivity index (χ0) is 35.0. The number of nitriles is 1. The molecule has 7 heteroatoms. The highest BCUT2D eigenvalue weighted by Gasteiger charge is 2.27. The highest BCUT2D eigenvalue weighted by molar-refractivity contribution is 7.27. The largest absolute Gasteiger partial charge is 0.308 e. The van der Waals surface area contributed by atoms with Gasteiger partial charge in [0.2, 0.25) is 5.95 Å². The Morgan fingerprint density at radius 3 is 1.74 bits per heavy atom. The van der Waals surface area contributed by atoms with Gasteiger partial charge in [0, 0.05) is 53.8 Å². The second-order valence-corrected chi connectivity index (χ2v) is 14.2. The average molecular weight is 695 g/mol. The number of thiophene rings is 1. The number of fused-ring (bicyclic) bond motifs is 12. The van der Waals surface area contributed by atoms with Crippen LogP contribution in [-0.4, -0.2) is 24.1 Å². The van der Waals surface area contributed by atoms with E-state index in [4.69, 9.17) is 15.0 Å². The van der Waals surface area contributed by atoms with Crippen molar-refractivity contribution in [2.75, 3.05) is 0 Å². The smallest absolute Gasteiger partial charge is 0.238 e. The van der Waals surface area contributed by atoms with Gasteiger partial charge in [0.05, 0.1) is 38.4 Å². The van der Waals surface area contributed by atoms with E-state index < -0.39 is 0 Å². The van der Waals surface area contributed by atoms with Crippen LogP contribution in [-0.2, 0) is 0 Å². The molecule has 0 unspecified atom stereocenters. The summed E-state index contributed by atoms with van der Waals surface area (Å²) in [5, 5.41) is 16.6. The molecule has 0 N–H and O–H groups in total. The Hall–Kier alpha value is -7.14. The third-order valence-electron chi connectivity index (χ3n) is 10.2. The highest BCUT2D eigenvalue weighted by Crippen LogP contribution is 2.51. The Labute approximate surface area is 307 Å². The SMILES string of the molecule is N#Cc1ccc(-c2nc(-c3ccccc3)nc(-n3c4ccccc4c4c5c6ccccc6sc5c5c(c6ccccc6n5-c5ccccc5)c43)n2)cc1. The zero-order valence-electron chi connectivity index (χ0n) is 28.1. The van der Waals surface area contributed by atoms with E-state index in [1.807, 2.05) is 65.9 Å². The van der Waals surface area contributed by atoms with Crippen LogP contribution in [0, 0.1) is 11.3 Å². The molecule has 11 rings (SSSR count). The molecule has 0 atom stereocenters. The van der Waals surface area contributed by atoms with Crippen molar-refractivity contribution in [3.05, 3.63) is 163 Å². The molecule has 0 saturated heterocycles. The van der Waals surface area contributed by atoms with Crippen molar-refractivity contribution in [1.82, 2.24) is 24.1 Å². The maximum Gasteiger partial charge on any atom is 0.238 e. The molecule has 0 aliphatic heterocycles. The standard InChI is InChI=1S/C46H26N6S/c47-27-28-23-25-30(26-24-28)45-48-44(29-13-3-1-4-14-29)49-46(50-45)52-36-21-11-7-17-32(36)38-39-34-19-9-12-22-37(34)53-43(39)42-40(41(38)52)33-18-8-10-20-35(33)51(42)31-15-5-2-6-16-31/h1-26H. The van der Waals surface area contributed by atoms with Gasteiger partial charge in [0.1, 0.15) is 0 Å². The van der Waals surface area contributed by atoms with Gasteiger partial charge in [0.15, 0.2) is 11.6 Å². The summed E-state index contributed by atoms with van der Waals surface area (Å²) in [6.07, 6.45) is 0. The molecule has 246 valence electrons. The Bertz CT molecular complexity index is 3280. The van der Waals surface area contributed by atoms with Crippen LogP contribution in [0.5, 0.6) is 0 Å². The predicted octanol–water partition coefficient (Wildman–Crippen LogP) is 11.6. The fourth-order valence-electron chi connectivity index (χ4n) is 7.94. The first kappa shape index (κ1) is 29.6. The van der Waals surface area contributed by atoms with E-state index in [0.29, 0.717) is 23.2 Å². The van der Waals surface area contributed by atoms with Gasteiger partial charge in [-0.25, -0.2) is 4.98 Å². The lowest BCUT2D eigenvalue weighted by atomic mass is 10.0. The van der Waals surface area contributed by atoms with Crippen LogP contribution in [0.15, 0.2) is 158 Å². The van der Waals surface area contributed by atoms with Gasteiger partial charge in [-0.05, 0) is 54.6 Å². The van der Waals surface area contributed by atoms with E-state index in [1.54, 1.807) is 0 Å². The number of hydrogen-bond donors (Lipinski definition) is 0. The lowest BCUT2D eigenvalue weighted by molar-refractivity contribution is 0.955. The fourth-order valence-corrected chi connectivity index (χ4v) is 9.19. The van der Waals surface area contributed by atoms with E-state index in [0.717, 1.165) is 55.0 Å². The first-order chi connectivity index (χ1) is 26.3. The first-order valence-corrected chi connectivity index (χ1v) is 18.3. The van der Waals surface area contributed by atoms with Crippen molar-refractivity contribution in [1.29, 1.82) is 5.26 Å². The molecule has 0 radical (unpaired) electrons. The number of para-hydroxylation sites is 3. The Kier molecular flexibility index (Phi) is 6.38. The van der Waals surface area contributed by atoms with Crippen molar-refractivity contribution in [3.8, 4) is 40.5 Å². The van der Waals surface area contributed by atoms with Crippen molar-refractivity contribution in [3.63, 3.8) is 0 Å². The topological polar surface area (TPSA) is 72.3 Å². The molecule has 0 bridgehead atoms. The molecule has 4 heterocycles. The first-order valence-electron chi connectivity index (χ1n) is 17.4. The van der Waals surface area contributed by atoms with E-state index in [-0.39, 0.29) is 0 Å². The van der Waals surface area contributed by atoms with E-state index >= 15 is 0 Å². The summed E-state index contributed by atoms with van der Waals surface area (Å²) in [6.45, 7) is 0. The van der Waals surface area contributed by atoms with Crippen molar-refractivity contribution in [2.24, 2.45) is 0 Å². The van der Waals surface area contributed by atoms with E-state index in [9.17, 15) is 5.26 Å². The summed E-state index contributed by atoms with van der Waals surface area (Å²) in [5.74, 6) is 1.64. The van der Waals surface area contributed by atoms with Crippen LogP contribution < -0.4 is 0 Å². The summed E-state index contributed by atoms with van der Waals surface area (Å²) in [6, 6.07) is 56.4. The molecule has 53 heavy (non-hydrogen) atoms. The average Bonchev–Trinajstić information content (AvgIpc) is 3.89. The third kappa shape index (κ3) is 4.34. The fraction of sp³-hybridized carbons (Fsp3) is 0. The van der Waals surface area contributed by atoms with Gasteiger partial charge in [0.25, 0.3) is 0 Å². The van der Waals surface area contributed by atoms with Crippen LogP contribution in [0.2, 0.25) is 0 Å². The second-order valence-electron chi connectivity index (χ2n) is 13.1. The molecule has 0 amide bonds. The molecule has 6 nitrogen and oxygen atoms in total. The van der Waals surface area contributed by atoms with E-state index in [2.05, 4.69) is 118 Å². The zero-order valence-corrected chi connectivity index (χ0v) is 28.9. The molecule has 11 aromatic rings.